The van der Waals surface area contributed by atoms with Crippen molar-refractivity contribution in [3.05, 3.63) is 17.5 Å². The van der Waals surface area contributed by atoms with E-state index in [-0.39, 0.29) is 0 Å². The second-order valence-corrected chi connectivity index (χ2v) is 4.84. The van der Waals surface area contributed by atoms with Crippen LogP contribution in [-0.4, -0.2) is 16.8 Å². The molecule has 0 amide bonds. The molecule has 1 saturated carbocycles. The fourth-order valence-corrected chi connectivity index (χ4v) is 2.98. The van der Waals surface area contributed by atoms with E-state index in [2.05, 4.69) is 42.1 Å². The largest absolute Gasteiger partial charge is 0.311 e. The maximum Gasteiger partial charge on any atom is 0.0597 e. The smallest absolute Gasteiger partial charge is 0.0597 e. The van der Waals surface area contributed by atoms with Crippen LogP contribution >= 0.6 is 0 Å². The highest BCUT2D eigenvalue weighted by Gasteiger charge is 2.27. The molecule has 1 N–H and O–H groups in total. The molecule has 1 unspecified atom stereocenters. The first-order valence-electron chi connectivity index (χ1n) is 6.48. The minimum atomic E-state index is 0.489. The fourth-order valence-electron chi connectivity index (χ4n) is 2.98. The van der Waals surface area contributed by atoms with E-state index in [0.29, 0.717) is 6.04 Å². The summed E-state index contributed by atoms with van der Waals surface area (Å²) in [6.45, 7) is 5.21. The molecule has 1 heterocycles. The Hall–Kier alpha value is -0.830. The van der Waals surface area contributed by atoms with Crippen molar-refractivity contribution in [2.24, 2.45) is 5.92 Å². The third-order valence-corrected chi connectivity index (χ3v) is 3.73. The Morgan fingerprint density at radius 2 is 2.19 bits per heavy atom. The van der Waals surface area contributed by atoms with Gasteiger partial charge in [0.1, 0.15) is 0 Å². The minimum absolute atomic E-state index is 0.489. The Balaban J connectivity index is 2.24. The molecule has 3 nitrogen and oxygen atoms in total. The monoisotopic (exact) mass is 221 g/mol. The van der Waals surface area contributed by atoms with E-state index in [1.54, 1.807) is 0 Å². The van der Waals surface area contributed by atoms with Gasteiger partial charge in [-0.15, -0.1) is 0 Å². The van der Waals surface area contributed by atoms with Gasteiger partial charge in [0.15, 0.2) is 0 Å². The van der Waals surface area contributed by atoms with E-state index in [0.717, 1.165) is 18.2 Å². The van der Waals surface area contributed by atoms with Gasteiger partial charge >= 0.3 is 0 Å². The van der Waals surface area contributed by atoms with Crippen molar-refractivity contribution >= 4 is 0 Å². The molecule has 1 aliphatic rings. The zero-order chi connectivity index (χ0) is 11.5. The highest BCUT2D eigenvalue weighted by atomic mass is 15.3. The normalized spacial score (nSPS) is 19.2. The van der Waals surface area contributed by atoms with Crippen LogP contribution < -0.4 is 5.32 Å². The van der Waals surface area contributed by atoms with Gasteiger partial charge < -0.3 is 5.32 Å². The van der Waals surface area contributed by atoms with Crippen molar-refractivity contribution in [3.63, 3.8) is 0 Å². The third kappa shape index (κ3) is 2.14. The van der Waals surface area contributed by atoms with Crippen molar-refractivity contribution in [1.82, 2.24) is 15.1 Å². The molecule has 0 saturated heterocycles. The van der Waals surface area contributed by atoms with E-state index < -0.39 is 0 Å². The van der Waals surface area contributed by atoms with Crippen molar-refractivity contribution in [3.8, 4) is 0 Å². The molecule has 3 heteroatoms. The standard InChI is InChI=1S/C13H23N3/c1-4-16-12(9-10(2)15-16)13(14-3)11-7-5-6-8-11/h9,11,13-14H,4-8H2,1-3H3. The zero-order valence-electron chi connectivity index (χ0n) is 10.7. The SMILES string of the molecule is CCn1nc(C)cc1C(NC)C1CCCC1. The number of aromatic nitrogens is 2. The summed E-state index contributed by atoms with van der Waals surface area (Å²) in [7, 11) is 2.07. The van der Waals surface area contributed by atoms with Crippen LogP contribution in [0.5, 0.6) is 0 Å². The quantitative estimate of drug-likeness (QED) is 0.847. The molecule has 0 aliphatic heterocycles. The van der Waals surface area contributed by atoms with Gasteiger partial charge in [-0.2, -0.15) is 5.10 Å². The predicted molar refractivity (Wildman–Crippen MR) is 66.4 cm³/mol. The van der Waals surface area contributed by atoms with Crippen LogP contribution in [0.3, 0.4) is 0 Å². The number of rotatable bonds is 4. The zero-order valence-corrected chi connectivity index (χ0v) is 10.7. The minimum Gasteiger partial charge on any atom is -0.311 e. The number of hydrogen-bond donors (Lipinski definition) is 1. The summed E-state index contributed by atoms with van der Waals surface area (Å²) < 4.78 is 2.15. The van der Waals surface area contributed by atoms with Crippen molar-refractivity contribution in [1.29, 1.82) is 0 Å². The Morgan fingerprint density at radius 1 is 1.50 bits per heavy atom. The maximum atomic E-state index is 4.55. The summed E-state index contributed by atoms with van der Waals surface area (Å²) in [6, 6.07) is 2.73. The summed E-state index contributed by atoms with van der Waals surface area (Å²) in [5.74, 6) is 0.798. The van der Waals surface area contributed by atoms with Gasteiger partial charge in [-0.3, -0.25) is 4.68 Å². The summed E-state index contributed by atoms with van der Waals surface area (Å²) in [5.41, 5.74) is 2.50. The molecule has 0 bridgehead atoms. The first-order valence-corrected chi connectivity index (χ1v) is 6.48. The van der Waals surface area contributed by atoms with Gasteiger partial charge in [0.25, 0.3) is 0 Å². The number of nitrogens with zero attached hydrogens (tertiary/aromatic N) is 2. The molecule has 0 radical (unpaired) electrons. The fraction of sp³-hybridized carbons (Fsp3) is 0.769. The van der Waals surface area contributed by atoms with Crippen molar-refractivity contribution in [2.75, 3.05) is 7.05 Å². The Labute approximate surface area is 98.2 Å². The lowest BCUT2D eigenvalue weighted by molar-refractivity contribution is 0.366. The number of nitrogens with one attached hydrogen (secondary N) is 1. The van der Waals surface area contributed by atoms with Gasteiger partial charge in [0.2, 0.25) is 0 Å². The first-order chi connectivity index (χ1) is 7.76. The van der Waals surface area contributed by atoms with Gasteiger partial charge in [0.05, 0.1) is 17.4 Å². The van der Waals surface area contributed by atoms with Gasteiger partial charge in [-0.1, -0.05) is 12.8 Å². The highest BCUT2D eigenvalue weighted by Crippen LogP contribution is 2.35. The second-order valence-electron chi connectivity index (χ2n) is 4.84. The molecule has 1 aliphatic carbocycles. The average Bonchev–Trinajstić information content (AvgIpc) is 2.89. The summed E-state index contributed by atoms with van der Waals surface area (Å²) in [6.07, 6.45) is 5.50. The molecule has 90 valence electrons. The van der Waals surface area contributed by atoms with Crippen LogP contribution in [0.1, 0.15) is 50.0 Å². The molecule has 2 rings (SSSR count). The number of hydrogen-bond acceptors (Lipinski definition) is 2. The van der Waals surface area contributed by atoms with Crippen LogP contribution in [-0.2, 0) is 6.54 Å². The topological polar surface area (TPSA) is 29.9 Å². The van der Waals surface area contributed by atoms with Crippen LogP contribution in [0, 0.1) is 12.8 Å². The number of aryl methyl sites for hydroxylation is 2. The third-order valence-electron chi connectivity index (χ3n) is 3.73. The maximum absolute atomic E-state index is 4.55. The van der Waals surface area contributed by atoms with E-state index in [9.17, 15) is 0 Å². The summed E-state index contributed by atoms with van der Waals surface area (Å²) >= 11 is 0. The van der Waals surface area contributed by atoms with E-state index in [4.69, 9.17) is 0 Å². The molecule has 0 aromatic carbocycles. The molecule has 1 fully saturated rings. The van der Waals surface area contributed by atoms with Crippen LogP contribution in [0.15, 0.2) is 6.07 Å². The molecular formula is C13H23N3. The molecule has 0 spiro atoms. The predicted octanol–water partition coefficient (Wildman–Crippen LogP) is 2.66. The van der Waals surface area contributed by atoms with Crippen LogP contribution in [0.2, 0.25) is 0 Å². The van der Waals surface area contributed by atoms with E-state index in [1.807, 2.05) is 0 Å². The van der Waals surface area contributed by atoms with Gasteiger partial charge in [-0.25, -0.2) is 0 Å². The second kappa shape index (κ2) is 5.00. The van der Waals surface area contributed by atoms with Crippen LogP contribution in [0.25, 0.3) is 0 Å². The van der Waals surface area contributed by atoms with Crippen LogP contribution in [0.4, 0.5) is 0 Å². The molecule has 1 aromatic heterocycles. The first kappa shape index (κ1) is 11.6. The summed E-state index contributed by atoms with van der Waals surface area (Å²) in [5, 5.41) is 8.03. The van der Waals surface area contributed by atoms with E-state index in [1.165, 1.54) is 31.4 Å². The van der Waals surface area contributed by atoms with Crippen molar-refractivity contribution < 1.29 is 0 Å². The lowest BCUT2D eigenvalue weighted by Crippen LogP contribution is -2.26. The Morgan fingerprint density at radius 3 is 2.75 bits per heavy atom. The average molecular weight is 221 g/mol. The van der Waals surface area contributed by atoms with Crippen molar-refractivity contribution in [2.45, 2.75) is 52.1 Å². The molecule has 1 aromatic rings. The highest BCUT2D eigenvalue weighted by molar-refractivity contribution is 5.14. The van der Waals surface area contributed by atoms with E-state index >= 15 is 0 Å². The Kier molecular flexibility index (Phi) is 3.64. The summed E-state index contributed by atoms with van der Waals surface area (Å²) in [4.78, 5) is 0. The molecule has 16 heavy (non-hydrogen) atoms. The molecular weight excluding hydrogens is 198 g/mol. The molecule has 1 atom stereocenters. The van der Waals surface area contributed by atoms with Gasteiger partial charge in [0, 0.05) is 6.54 Å². The Bertz CT molecular complexity index is 337. The lowest BCUT2D eigenvalue weighted by atomic mass is 9.95. The lowest BCUT2D eigenvalue weighted by Gasteiger charge is -2.23. The van der Waals surface area contributed by atoms with Gasteiger partial charge in [-0.05, 0) is 45.7 Å².